The second kappa shape index (κ2) is 6.56. The lowest BCUT2D eigenvalue weighted by atomic mass is 10.0. The summed E-state index contributed by atoms with van der Waals surface area (Å²) in [5.74, 6) is -2.35. The van der Waals surface area contributed by atoms with Crippen molar-refractivity contribution >= 4 is 20.9 Å². The summed E-state index contributed by atoms with van der Waals surface area (Å²) in [6.07, 6.45) is -7.99. The van der Waals surface area contributed by atoms with Crippen LogP contribution in [-0.2, 0) is 19.6 Å². The maximum atomic E-state index is 13.4. The highest BCUT2D eigenvalue weighted by Gasteiger charge is 2.53. The predicted octanol–water partition coefficient (Wildman–Crippen LogP) is 1.47. The fraction of sp³-hybridized carbons (Fsp3) is 0.400. The van der Waals surface area contributed by atoms with Crippen molar-refractivity contribution < 1.29 is 41.0 Å². The van der Waals surface area contributed by atoms with Crippen molar-refractivity contribution in [2.24, 2.45) is 0 Å². The molecule has 1 unspecified atom stereocenters. The van der Waals surface area contributed by atoms with E-state index in [9.17, 15) is 31.5 Å². The minimum atomic E-state index is -5.10. The van der Waals surface area contributed by atoms with Crippen LogP contribution in [0.5, 0.6) is 5.75 Å². The molecule has 11 heteroatoms. The van der Waals surface area contributed by atoms with Crippen LogP contribution in [-0.4, -0.2) is 62.4 Å². The van der Waals surface area contributed by atoms with Gasteiger partial charge in [0.1, 0.15) is 16.2 Å². The van der Waals surface area contributed by atoms with Gasteiger partial charge in [-0.15, -0.1) is 0 Å². The van der Waals surface area contributed by atoms with Crippen molar-refractivity contribution in [1.82, 2.24) is 4.31 Å². The second-order valence-electron chi connectivity index (χ2n) is 5.60. The number of sulfonamides is 1. The molecule has 0 bridgehead atoms. The Morgan fingerprint density at radius 3 is 2.38 bits per heavy atom. The highest BCUT2D eigenvalue weighted by Crippen LogP contribution is 2.44. The van der Waals surface area contributed by atoms with Gasteiger partial charge in [-0.1, -0.05) is 12.1 Å². The Balaban J connectivity index is 2.28. The Morgan fingerprint density at radius 1 is 1.19 bits per heavy atom. The normalized spacial score (nSPS) is 21.9. The van der Waals surface area contributed by atoms with E-state index in [4.69, 9.17) is 9.47 Å². The number of halogens is 3. The first-order valence-corrected chi connectivity index (χ1v) is 8.96. The number of alkyl halides is 3. The van der Waals surface area contributed by atoms with Gasteiger partial charge in [0.2, 0.25) is 16.1 Å². The standard InChI is InChI=1S/C15H14F3NO6S/c16-15(17,18)13-11(14(20)21)12(9-3-1-2-4-10(9)25-13)26(22,23)19-5-7-24-8-6-19/h1-4,13H,5-8H2,(H,20,21). The topological polar surface area (TPSA) is 93.1 Å². The molecule has 0 spiro atoms. The lowest BCUT2D eigenvalue weighted by Crippen LogP contribution is -2.45. The molecule has 1 N–H and O–H groups in total. The van der Waals surface area contributed by atoms with E-state index in [2.05, 4.69) is 0 Å². The Kier molecular flexibility index (Phi) is 4.71. The average Bonchev–Trinajstić information content (AvgIpc) is 2.59. The van der Waals surface area contributed by atoms with Gasteiger partial charge in [0.05, 0.1) is 13.2 Å². The van der Waals surface area contributed by atoms with E-state index in [1.165, 1.54) is 24.3 Å². The van der Waals surface area contributed by atoms with Crippen LogP contribution in [0.25, 0.3) is 4.91 Å². The minimum absolute atomic E-state index is 0.0652. The van der Waals surface area contributed by atoms with Crippen LogP contribution in [0.4, 0.5) is 13.2 Å². The molecule has 26 heavy (non-hydrogen) atoms. The number of fused-ring (bicyclic) bond motifs is 1. The molecule has 0 radical (unpaired) electrons. The third-order valence-corrected chi connectivity index (χ3v) is 5.98. The van der Waals surface area contributed by atoms with E-state index in [1.54, 1.807) is 0 Å². The molecule has 1 atom stereocenters. The summed E-state index contributed by atoms with van der Waals surface area (Å²) in [4.78, 5) is 10.7. The van der Waals surface area contributed by atoms with E-state index >= 15 is 0 Å². The molecule has 0 aromatic heterocycles. The van der Waals surface area contributed by atoms with E-state index in [0.29, 0.717) is 0 Å². The van der Waals surface area contributed by atoms with E-state index in [0.717, 1.165) is 4.31 Å². The lowest BCUT2D eigenvalue weighted by molar-refractivity contribution is -0.187. The van der Waals surface area contributed by atoms with Crippen LogP contribution in [0, 0.1) is 0 Å². The van der Waals surface area contributed by atoms with Gasteiger partial charge in [-0.2, -0.15) is 17.5 Å². The van der Waals surface area contributed by atoms with Crippen molar-refractivity contribution in [3.63, 3.8) is 0 Å². The van der Waals surface area contributed by atoms with Crippen molar-refractivity contribution in [3.8, 4) is 5.75 Å². The average molecular weight is 393 g/mol. The van der Waals surface area contributed by atoms with Gasteiger partial charge in [-0.25, -0.2) is 13.2 Å². The molecule has 2 heterocycles. The van der Waals surface area contributed by atoms with Crippen LogP contribution >= 0.6 is 0 Å². The molecule has 0 saturated carbocycles. The van der Waals surface area contributed by atoms with Gasteiger partial charge in [-0.05, 0) is 12.1 Å². The quantitative estimate of drug-likeness (QED) is 0.836. The lowest BCUT2D eigenvalue weighted by Gasteiger charge is -2.33. The fourth-order valence-corrected chi connectivity index (χ4v) is 4.65. The van der Waals surface area contributed by atoms with Crippen LogP contribution in [0.15, 0.2) is 29.8 Å². The molecule has 1 saturated heterocycles. The smallest absolute Gasteiger partial charge is 0.430 e. The van der Waals surface area contributed by atoms with Crippen molar-refractivity contribution in [1.29, 1.82) is 0 Å². The summed E-state index contributed by atoms with van der Waals surface area (Å²) in [5.41, 5.74) is -1.56. The summed E-state index contributed by atoms with van der Waals surface area (Å²) in [6, 6.07) is 5.15. The number of hydrogen-bond donors (Lipinski definition) is 1. The second-order valence-corrected chi connectivity index (χ2v) is 7.47. The maximum absolute atomic E-state index is 13.4. The highest BCUT2D eigenvalue weighted by atomic mass is 32.2. The molecule has 142 valence electrons. The molecular formula is C15H14F3NO6S. The van der Waals surface area contributed by atoms with Crippen LogP contribution in [0.1, 0.15) is 5.56 Å². The van der Waals surface area contributed by atoms with Gasteiger partial charge in [0.15, 0.2) is 0 Å². The number of hydrogen-bond acceptors (Lipinski definition) is 5. The number of carboxylic acid groups (broad SMARTS) is 1. The van der Waals surface area contributed by atoms with Gasteiger partial charge >= 0.3 is 12.1 Å². The first-order valence-electron chi connectivity index (χ1n) is 7.52. The molecule has 2 aliphatic rings. The molecule has 3 rings (SSSR count). The molecule has 1 aromatic rings. The molecule has 0 aliphatic carbocycles. The number of carboxylic acids is 1. The molecule has 2 aliphatic heterocycles. The van der Waals surface area contributed by atoms with Gasteiger partial charge in [-0.3, -0.25) is 0 Å². The van der Waals surface area contributed by atoms with E-state index in [-0.39, 0.29) is 37.6 Å². The Labute approximate surface area is 146 Å². The number of ether oxygens (including phenoxy) is 2. The molecule has 1 fully saturated rings. The Morgan fingerprint density at radius 2 is 1.81 bits per heavy atom. The summed E-state index contributed by atoms with van der Waals surface area (Å²) in [5, 5.41) is 9.38. The fourth-order valence-electron chi connectivity index (χ4n) is 2.84. The van der Waals surface area contributed by atoms with E-state index < -0.39 is 38.8 Å². The molecular weight excluding hydrogens is 379 g/mol. The number of benzene rings is 1. The van der Waals surface area contributed by atoms with Gasteiger partial charge < -0.3 is 14.6 Å². The molecule has 7 nitrogen and oxygen atoms in total. The summed E-state index contributed by atoms with van der Waals surface area (Å²) >= 11 is 0. The minimum Gasteiger partial charge on any atom is -0.478 e. The zero-order valence-corrected chi connectivity index (χ0v) is 14.0. The highest BCUT2D eigenvalue weighted by molar-refractivity contribution is 7.98. The zero-order valence-electron chi connectivity index (χ0n) is 13.2. The first kappa shape index (κ1) is 18.7. The zero-order chi connectivity index (χ0) is 19.1. The number of nitrogens with zero attached hydrogens (tertiary/aromatic N) is 1. The summed E-state index contributed by atoms with van der Waals surface area (Å²) < 4.78 is 77.0. The molecule has 0 amide bonds. The Bertz CT molecular complexity index is 858. The number of para-hydroxylation sites is 1. The Hall–Kier alpha value is -2.11. The third kappa shape index (κ3) is 3.17. The first-order chi connectivity index (χ1) is 12.1. The SMILES string of the molecule is O=C(O)C1=C(S(=O)(=O)N2CCOCC2)c2ccccc2OC1C(F)(F)F. The van der Waals surface area contributed by atoms with Crippen LogP contribution in [0.3, 0.4) is 0 Å². The largest absolute Gasteiger partial charge is 0.478 e. The number of aliphatic carboxylic acids is 1. The molecule has 1 aromatic carbocycles. The van der Waals surface area contributed by atoms with Crippen LogP contribution in [0.2, 0.25) is 0 Å². The summed E-state index contributed by atoms with van der Waals surface area (Å²) in [7, 11) is -4.51. The summed E-state index contributed by atoms with van der Waals surface area (Å²) in [6.45, 7) is -0.0393. The number of rotatable bonds is 3. The van der Waals surface area contributed by atoms with Crippen molar-refractivity contribution in [3.05, 3.63) is 35.4 Å². The monoisotopic (exact) mass is 393 g/mol. The predicted molar refractivity (Wildman–Crippen MR) is 82.8 cm³/mol. The number of carbonyl (C=O) groups is 1. The maximum Gasteiger partial charge on any atom is 0.430 e. The van der Waals surface area contributed by atoms with Crippen LogP contribution < -0.4 is 4.74 Å². The van der Waals surface area contributed by atoms with Crippen molar-refractivity contribution in [2.75, 3.05) is 26.3 Å². The number of morpholine rings is 1. The van der Waals surface area contributed by atoms with Crippen molar-refractivity contribution in [2.45, 2.75) is 12.3 Å². The third-order valence-electron chi connectivity index (χ3n) is 3.98. The van der Waals surface area contributed by atoms with Gasteiger partial charge in [0, 0.05) is 18.7 Å². The van der Waals surface area contributed by atoms with Gasteiger partial charge in [0.25, 0.3) is 0 Å². The van der Waals surface area contributed by atoms with E-state index in [1.807, 2.05) is 0 Å².